The normalized spacial score (nSPS) is 17.8. The first kappa shape index (κ1) is 13.5. The quantitative estimate of drug-likeness (QED) is 0.839. The number of carbonyl (C=O) groups is 1. The van der Waals surface area contributed by atoms with Gasteiger partial charge in [0.25, 0.3) is 10.0 Å². The maximum atomic E-state index is 12.3. The molecule has 2 N–H and O–H groups in total. The van der Waals surface area contributed by atoms with Crippen molar-refractivity contribution in [2.45, 2.75) is 11.1 Å². The zero-order valence-corrected chi connectivity index (χ0v) is 11.5. The molecule has 100 valence electrons. The number of hydrogen-bond donors (Lipinski definition) is 2. The van der Waals surface area contributed by atoms with Crippen LogP contribution in [-0.2, 0) is 10.0 Å². The molecule has 6 nitrogen and oxygen atoms in total. The number of hydrogen-bond acceptors (Lipinski definition) is 5. The van der Waals surface area contributed by atoms with Crippen molar-refractivity contribution in [3.63, 3.8) is 0 Å². The van der Waals surface area contributed by atoms with Gasteiger partial charge < -0.3 is 10.4 Å². The maximum absolute atomic E-state index is 12.3. The van der Waals surface area contributed by atoms with E-state index in [4.69, 9.17) is 5.11 Å². The Balaban J connectivity index is 2.35. The van der Waals surface area contributed by atoms with E-state index >= 15 is 0 Å². The van der Waals surface area contributed by atoms with Gasteiger partial charge in [0.05, 0.1) is 0 Å². The fourth-order valence-corrected chi connectivity index (χ4v) is 4.78. The SMILES string of the molecule is Cc1cc(S(=O)(=O)N2CCNCC2)sc1C(=O)O. The first-order valence-electron chi connectivity index (χ1n) is 5.47. The van der Waals surface area contributed by atoms with Crippen molar-refractivity contribution in [1.29, 1.82) is 0 Å². The Labute approximate surface area is 109 Å². The summed E-state index contributed by atoms with van der Waals surface area (Å²) in [6.07, 6.45) is 0. The van der Waals surface area contributed by atoms with Crippen molar-refractivity contribution in [3.8, 4) is 0 Å². The van der Waals surface area contributed by atoms with Crippen molar-refractivity contribution >= 4 is 27.3 Å². The van der Waals surface area contributed by atoms with E-state index in [1.54, 1.807) is 6.92 Å². The minimum absolute atomic E-state index is 0.0868. The molecule has 0 radical (unpaired) electrons. The molecule has 0 aliphatic carbocycles. The average molecular weight is 290 g/mol. The van der Waals surface area contributed by atoms with E-state index < -0.39 is 16.0 Å². The molecule has 0 bridgehead atoms. The lowest BCUT2D eigenvalue weighted by atomic mass is 10.3. The molecule has 1 aromatic rings. The van der Waals surface area contributed by atoms with Gasteiger partial charge in [-0.25, -0.2) is 13.2 Å². The summed E-state index contributed by atoms with van der Waals surface area (Å²) < 4.78 is 26.1. The lowest BCUT2D eigenvalue weighted by Crippen LogP contribution is -2.46. The Morgan fingerprint density at radius 2 is 2.06 bits per heavy atom. The number of aromatic carboxylic acids is 1. The molecule has 2 rings (SSSR count). The van der Waals surface area contributed by atoms with Crippen LogP contribution in [0.25, 0.3) is 0 Å². The molecule has 0 atom stereocenters. The Hall–Kier alpha value is -0.960. The third-order valence-electron chi connectivity index (χ3n) is 2.76. The summed E-state index contributed by atoms with van der Waals surface area (Å²) >= 11 is 0.819. The molecule has 1 aliphatic heterocycles. The van der Waals surface area contributed by atoms with Gasteiger partial charge in [-0.1, -0.05) is 0 Å². The van der Waals surface area contributed by atoms with Gasteiger partial charge in [0, 0.05) is 26.2 Å². The topological polar surface area (TPSA) is 86.7 Å². The molecule has 0 unspecified atom stereocenters. The molecular weight excluding hydrogens is 276 g/mol. The number of aryl methyl sites for hydroxylation is 1. The number of nitrogens with one attached hydrogen (secondary N) is 1. The molecule has 1 aromatic heterocycles. The van der Waals surface area contributed by atoms with Gasteiger partial charge in [-0.15, -0.1) is 11.3 Å². The molecule has 0 aromatic carbocycles. The van der Waals surface area contributed by atoms with E-state index in [0.717, 1.165) is 11.3 Å². The van der Waals surface area contributed by atoms with Gasteiger partial charge in [0.2, 0.25) is 0 Å². The highest BCUT2D eigenvalue weighted by molar-refractivity contribution is 7.91. The molecule has 1 fully saturated rings. The van der Waals surface area contributed by atoms with E-state index in [0.29, 0.717) is 31.7 Å². The van der Waals surface area contributed by atoms with Crippen LogP contribution in [0, 0.1) is 6.92 Å². The zero-order chi connectivity index (χ0) is 13.3. The molecule has 2 heterocycles. The summed E-state index contributed by atoms with van der Waals surface area (Å²) in [5, 5.41) is 12.0. The number of sulfonamides is 1. The van der Waals surface area contributed by atoms with Gasteiger partial charge in [0.15, 0.2) is 0 Å². The zero-order valence-electron chi connectivity index (χ0n) is 9.84. The lowest BCUT2D eigenvalue weighted by molar-refractivity contribution is 0.0701. The smallest absolute Gasteiger partial charge is 0.346 e. The van der Waals surface area contributed by atoms with Crippen LogP contribution < -0.4 is 5.32 Å². The van der Waals surface area contributed by atoms with Gasteiger partial charge in [-0.05, 0) is 18.6 Å². The van der Waals surface area contributed by atoms with Crippen LogP contribution in [-0.4, -0.2) is 50.0 Å². The standard InChI is InChI=1S/C10H14N2O4S2/c1-7-6-8(17-9(7)10(13)14)18(15,16)12-4-2-11-3-5-12/h6,11H,2-5H2,1H3,(H,13,14). The molecule has 8 heteroatoms. The third kappa shape index (κ3) is 2.41. The highest BCUT2D eigenvalue weighted by Gasteiger charge is 2.29. The van der Waals surface area contributed by atoms with Crippen LogP contribution >= 0.6 is 11.3 Å². The number of nitrogens with zero attached hydrogens (tertiary/aromatic N) is 1. The van der Waals surface area contributed by atoms with Crippen molar-refractivity contribution in [2.75, 3.05) is 26.2 Å². The minimum Gasteiger partial charge on any atom is -0.477 e. The fourth-order valence-electron chi connectivity index (χ4n) is 1.80. The molecule has 0 spiro atoms. The van der Waals surface area contributed by atoms with E-state index in [1.807, 2.05) is 0 Å². The van der Waals surface area contributed by atoms with E-state index in [9.17, 15) is 13.2 Å². The van der Waals surface area contributed by atoms with Crippen LogP contribution in [0.3, 0.4) is 0 Å². The number of thiophene rings is 1. The summed E-state index contributed by atoms with van der Waals surface area (Å²) in [6.45, 7) is 3.69. The molecular formula is C10H14N2O4S2. The molecule has 0 amide bonds. The van der Waals surface area contributed by atoms with Crippen LogP contribution in [0.4, 0.5) is 0 Å². The molecule has 1 aliphatic rings. The van der Waals surface area contributed by atoms with Crippen LogP contribution in [0.1, 0.15) is 15.2 Å². The fraction of sp³-hybridized carbons (Fsp3) is 0.500. The number of carboxylic acid groups (broad SMARTS) is 1. The summed E-state index contributed by atoms with van der Waals surface area (Å²) in [6, 6.07) is 1.44. The monoisotopic (exact) mass is 290 g/mol. The Morgan fingerprint density at radius 1 is 1.44 bits per heavy atom. The summed E-state index contributed by atoms with van der Waals surface area (Å²) in [4.78, 5) is 11.0. The minimum atomic E-state index is -3.55. The Bertz CT molecular complexity index is 558. The largest absolute Gasteiger partial charge is 0.477 e. The maximum Gasteiger partial charge on any atom is 0.346 e. The molecule has 0 saturated carbocycles. The van der Waals surface area contributed by atoms with Crippen molar-refractivity contribution in [1.82, 2.24) is 9.62 Å². The summed E-state index contributed by atoms with van der Waals surface area (Å²) in [7, 11) is -3.55. The van der Waals surface area contributed by atoms with Gasteiger partial charge in [0.1, 0.15) is 9.09 Å². The first-order chi connectivity index (χ1) is 8.43. The molecule has 18 heavy (non-hydrogen) atoms. The second-order valence-electron chi connectivity index (χ2n) is 4.04. The lowest BCUT2D eigenvalue weighted by Gasteiger charge is -2.25. The average Bonchev–Trinajstić information content (AvgIpc) is 2.73. The second kappa shape index (κ2) is 4.96. The van der Waals surface area contributed by atoms with Crippen molar-refractivity contribution in [3.05, 3.63) is 16.5 Å². The van der Waals surface area contributed by atoms with Gasteiger partial charge in [-0.2, -0.15) is 4.31 Å². The van der Waals surface area contributed by atoms with Crippen LogP contribution in [0.15, 0.2) is 10.3 Å². The third-order valence-corrected chi connectivity index (χ3v) is 6.33. The predicted molar refractivity (Wildman–Crippen MR) is 67.6 cm³/mol. The Morgan fingerprint density at radius 3 is 2.56 bits per heavy atom. The van der Waals surface area contributed by atoms with Gasteiger partial charge >= 0.3 is 5.97 Å². The number of carboxylic acids is 1. The summed E-state index contributed by atoms with van der Waals surface area (Å²) in [5.74, 6) is -1.08. The van der Waals surface area contributed by atoms with E-state index in [-0.39, 0.29) is 9.09 Å². The molecule has 1 saturated heterocycles. The van der Waals surface area contributed by atoms with Crippen LogP contribution in [0.2, 0.25) is 0 Å². The van der Waals surface area contributed by atoms with E-state index in [1.165, 1.54) is 10.4 Å². The predicted octanol–water partition coefficient (Wildman–Crippen LogP) is 0.349. The van der Waals surface area contributed by atoms with Crippen LogP contribution in [0.5, 0.6) is 0 Å². The highest BCUT2D eigenvalue weighted by atomic mass is 32.2. The van der Waals surface area contributed by atoms with E-state index in [2.05, 4.69) is 5.32 Å². The first-order valence-corrected chi connectivity index (χ1v) is 7.73. The Kier molecular flexibility index (Phi) is 3.71. The van der Waals surface area contributed by atoms with Gasteiger partial charge in [-0.3, -0.25) is 0 Å². The number of rotatable bonds is 3. The van der Waals surface area contributed by atoms with Crippen molar-refractivity contribution < 1.29 is 18.3 Å². The van der Waals surface area contributed by atoms with Crippen molar-refractivity contribution in [2.24, 2.45) is 0 Å². The summed E-state index contributed by atoms with van der Waals surface area (Å²) in [5.41, 5.74) is 0.487. The number of piperazine rings is 1. The second-order valence-corrected chi connectivity index (χ2v) is 7.25. The highest BCUT2D eigenvalue weighted by Crippen LogP contribution is 2.28.